The average molecular weight is 343 g/mol. The van der Waals surface area contributed by atoms with Gasteiger partial charge in [-0.25, -0.2) is 0 Å². The van der Waals surface area contributed by atoms with Crippen LogP contribution in [0.1, 0.15) is 19.4 Å². The molecule has 1 heterocycles. The van der Waals surface area contributed by atoms with E-state index in [4.69, 9.17) is 4.74 Å². The molecule has 1 fully saturated rings. The number of hydrogen-bond acceptors (Lipinski definition) is 4. The molecule has 1 aromatic carbocycles. The molecule has 0 amide bonds. The van der Waals surface area contributed by atoms with E-state index in [1.165, 1.54) is 11.3 Å². The number of benzene rings is 1. The minimum Gasteiger partial charge on any atom is -0.394 e. The maximum atomic E-state index is 9.27. The van der Waals surface area contributed by atoms with Crippen LogP contribution in [0.5, 0.6) is 0 Å². The first-order valence-electron chi connectivity index (χ1n) is 7.09. The normalized spacial score (nSPS) is 19.6. The van der Waals surface area contributed by atoms with Crippen LogP contribution in [0.2, 0.25) is 0 Å². The zero-order chi connectivity index (χ0) is 14.5. The molecule has 1 aliphatic rings. The number of ether oxygens (including phenoxy) is 1. The molecule has 1 aliphatic heterocycles. The van der Waals surface area contributed by atoms with Crippen molar-refractivity contribution < 1.29 is 9.84 Å². The molecule has 1 aromatic rings. The van der Waals surface area contributed by atoms with Crippen molar-refractivity contribution in [1.29, 1.82) is 0 Å². The zero-order valence-corrected chi connectivity index (χ0v) is 13.7. The molecule has 0 radical (unpaired) electrons. The Morgan fingerprint density at radius 2 is 2.30 bits per heavy atom. The Bertz CT molecular complexity index is 440. The van der Waals surface area contributed by atoms with Crippen LogP contribution in [0.15, 0.2) is 22.7 Å². The van der Waals surface area contributed by atoms with Crippen LogP contribution in [0, 0.1) is 0 Å². The van der Waals surface area contributed by atoms with E-state index >= 15 is 0 Å². The van der Waals surface area contributed by atoms with Gasteiger partial charge in [-0.15, -0.1) is 0 Å². The smallest absolute Gasteiger partial charge is 0.0980 e. The highest BCUT2D eigenvalue weighted by Gasteiger charge is 2.21. The highest BCUT2D eigenvalue weighted by Crippen LogP contribution is 2.26. The number of hydrogen-bond donors (Lipinski definition) is 2. The van der Waals surface area contributed by atoms with Crippen LogP contribution in [0.3, 0.4) is 0 Å². The number of nitrogens with one attached hydrogen (secondary N) is 1. The Morgan fingerprint density at radius 3 is 3.00 bits per heavy atom. The first kappa shape index (κ1) is 15.8. The topological polar surface area (TPSA) is 44.7 Å². The van der Waals surface area contributed by atoms with Crippen LogP contribution in [-0.2, 0) is 11.3 Å². The third-order valence-electron chi connectivity index (χ3n) is 3.43. The van der Waals surface area contributed by atoms with Crippen LogP contribution >= 0.6 is 15.9 Å². The largest absolute Gasteiger partial charge is 0.394 e. The first-order chi connectivity index (χ1) is 9.60. The second kappa shape index (κ2) is 7.41. The van der Waals surface area contributed by atoms with Gasteiger partial charge in [0.05, 0.1) is 19.3 Å². The molecule has 2 rings (SSSR count). The van der Waals surface area contributed by atoms with Crippen molar-refractivity contribution in [2.45, 2.75) is 32.5 Å². The monoisotopic (exact) mass is 342 g/mol. The SMILES string of the molecule is CC(C)NCc1cc(Br)ccc1N1CCOC(CO)C1. The molecule has 0 bridgehead atoms. The summed E-state index contributed by atoms with van der Waals surface area (Å²) in [5, 5.41) is 12.7. The van der Waals surface area contributed by atoms with Crippen LogP contribution in [0.25, 0.3) is 0 Å². The fraction of sp³-hybridized carbons (Fsp3) is 0.600. The van der Waals surface area contributed by atoms with Gasteiger partial charge in [-0.2, -0.15) is 0 Å². The van der Waals surface area contributed by atoms with E-state index in [1.54, 1.807) is 0 Å². The summed E-state index contributed by atoms with van der Waals surface area (Å²) < 4.78 is 6.62. The van der Waals surface area contributed by atoms with Crippen molar-refractivity contribution in [3.8, 4) is 0 Å². The van der Waals surface area contributed by atoms with Crippen LogP contribution in [-0.4, -0.2) is 43.6 Å². The lowest BCUT2D eigenvalue weighted by molar-refractivity contribution is 0.00352. The van der Waals surface area contributed by atoms with Crippen molar-refractivity contribution in [2.75, 3.05) is 31.2 Å². The predicted octanol–water partition coefficient (Wildman–Crippen LogP) is 2.14. The van der Waals surface area contributed by atoms with Gasteiger partial charge in [0.25, 0.3) is 0 Å². The van der Waals surface area contributed by atoms with E-state index in [0.717, 1.165) is 24.1 Å². The van der Waals surface area contributed by atoms with Gasteiger partial charge >= 0.3 is 0 Å². The molecule has 1 unspecified atom stereocenters. The maximum Gasteiger partial charge on any atom is 0.0980 e. The van der Waals surface area contributed by atoms with Gasteiger partial charge in [0.15, 0.2) is 0 Å². The Hall–Kier alpha value is -0.620. The molecular formula is C15H23BrN2O2. The lowest BCUT2D eigenvalue weighted by Gasteiger charge is -2.35. The van der Waals surface area contributed by atoms with E-state index < -0.39 is 0 Å². The number of aliphatic hydroxyl groups excluding tert-OH is 1. The number of morpholine rings is 1. The minimum atomic E-state index is -0.0849. The van der Waals surface area contributed by atoms with Gasteiger partial charge in [0, 0.05) is 35.8 Å². The Balaban J connectivity index is 2.16. The quantitative estimate of drug-likeness (QED) is 0.860. The Labute approximate surface area is 129 Å². The van der Waals surface area contributed by atoms with Crippen LogP contribution in [0.4, 0.5) is 5.69 Å². The molecule has 2 N–H and O–H groups in total. The van der Waals surface area contributed by atoms with E-state index in [-0.39, 0.29) is 12.7 Å². The van der Waals surface area contributed by atoms with E-state index in [1.807, 2.05) is 0 Å². The van der Waals surface area contributed by atoms with Gasteiger partial charge in [0.1, 0.15) is 0 Å². The first-order valence-corrected chi connectivity index (χ1v) is 7.88. The number of anilines is 1. The van der Waals surface area contributed by atoms with E-state index in [9.17, 15) is 5.11 Å². The second-order valence-electron chi connectivity index (χ2n) is 5.43. The Kier molecular flexibility index (Phi) is 5.84. The van der Waals surface area contributed by atoms with E-state index in [0.29, 0.717) is 12.6 Å². The van der Waals surface area contributed by atoms with Crippen LogP contribution < -0.4 is 10.2 Å². The fourth-order valence-electron chi connectivity index (χ4n) is 2.37. The zero-order valence-electron chi connectivity index (χ0n) is 12.1. The lowest BCUT2D eigenvalue weighted by Crippen LogP contribution is -2.44. The molecule has 1 saturated heterocycles. The maximum absolute atomic E-state index is 9.27. The van der Waals surface area contributed by atoms with Gasteiger partial charge in [-0.1, -0.05) is 29.8 Å². The summed E-state index contributed by atoms with van der Waals surface area (Å²) in [5.74, 6) is 0. The molecule has 112 valence electrons. The molecule has 20 heavy (non-hydrogen) atoms. The highest BCUT2D eigenvalue weighted by molar-refractivity contribution is 9.10. The lowest BCUT2D eigenvalue weighted by atomic mass is 10.1. The van der Waals surface area contributed by atoms with E-state index in [2.05, 4.69) is 58.2 Å². The Morgan fingerprint density at radius 1 is 1.50 bits per heavy atom. The molecule has 0 saturated carbocycles. The van der Waals surface area contributed by atoms with Gasteiger partial charge < -0.3 is 20.1 Å². The summed E-state index contributed by atoms with van der Waals surface area (Å²) in [6.45, 7) is 7.49. The second-order valence-corrected chi connectivity index (χ2v) is 6.35. The number of rotatable bonds is 5. The fourth-order valence-corrected chi connectivity index (χ4v) is 2.78. The minimum absolute atomic E-state index is 0.0760. The highest BCUT2D eigenvalue weighted by atomic mass is 79.9. The summed E-state index contributed by atoms with van der Waals surface area (Å²) in [6.07, 6.45) is -0.0849. The van der Waals surface area contributed by atoms with Crippen molar-refractivity contribution >= 4 is 21.6 Å². The molecule has 0 aliphatic carbocycles. The molecule has 1 atom stereocenters. The average Bonchev–Trinajstić information content (AvgIpc) is 2.45. The van der Waals surface area contributed by atoms with Gasteiger partial charge in [-0.3, -0.25) is 0 Å². The summed E-state index contributed by atoms with van der Waals surface area (Å²) in [6, 6.07) is 6.82. The molecule has 0 spiro atoms. The van der Waals surface area contributed by atoms with Crippen molar-refractivity contribution in [3.63, 3.8) is 0 Å². The predicted molar refractivity (Wildman–Crippen MR) is 85.2 cm³/mol. The third-order valence-corrected chi connectivity index (χ3v) is 3.92. The summed E-state index contributed by atoms with van der Waals surface area (Å²) in [4.78, 5) is 2.30. The molecular weight excluding hydrogens is 320 g/mol. The number of aliphatic hydroxyl groups is 1. The molecule has 0 aromatic heterocycles. The van der Waals surface area contributed by atoms with Crippen molar-refractivity contribution in [1.82, 2.24) is 5.32 Å². The standard InChI is InChI=1S/C15H23BrN2O2/c1-11(2)17-8-12-7-13(16)3-4-15(12)18-5-6-20-14(9-18)10-19/h3-4,7,11,14,17,19H,5-6,8-10H2,1-2H3. The number of halogens is 1. The summed E-state index contributed by atoms with van der Waals surface area (Å²) >= 11 is 3.54. The molecule has 4 nitrogen and oxygen atoms in total. The summed E-state index contributed by atoms with van der Waals surface area (Å²) in [5.41, 5.74) is 2.50. The summed E-state index contributed by atoms with van der Waals surface area (Å²) in [7, 11) is 0. The third kappa shape index (κ3) is 4.19. The van der Waals surface area contributed by atoms with Gasteiger partial charge in [0.2, 0.25) is 0 Å². The van der Waals surface area contributed by atoms with Crippen molar-refractivity contribution in [2.24, 2.45) is 0 Å². The number of nitrogens with zero attached hydrogens (tertiary/aromatic N) is 1. The molecule has 5 heteroatoms. The van der Waals surface area contributed by atoms with Crippen molar-refractivity contribution in [3.05, 3.63) is 28.2 Å². The van der Waals surface area contributed by atoms with Gasteiger partial charge in [-0.05, 0) is 23.8 Å².